The van der Waals surface area contributed by atoms with Crippen LogP contribution in [0.5, 0.6) is 0 Å². The summed E-state index contributed by atoms with van der Waals surface area (Å²) in [6.45, 7) is 9.23. The molecule has 0 unspecified atom stereocenters. The monoisotopic (exact) mass is 263 g/mol. The Morgan fingerprint density at radius 1 is 1.11 bits per heavy atom. The smallest absolute Gasteiger partial charge is 0.326 e. The number of hydrogen-bond donors (Lipinski definition) is 2. The molecule has 1 atom stereocenters. The van der Waals surface area contributed by atoms with Crippen molar-refractivity contribution in [3.8, 4) is 0 Å². The lowest BCUT2D eigenvalue weighted by molar-refractivity contribution is -0.140. The van der Waals surface area contributed by atoms with Gasteiger partial charge in [0.15, 0.2) is 0 Å². The van der Waals surface area contributed by atoms with Crippen LogP contribution in [0.4, 0.5) is 0 Å². The van der Waals surface area contributed by atoms with Crippen molar-refractivity contribution in [1.29, 1.82) is 0 Å². The number of hydrogen-bond acceptors (Lipinski definition) is 2. The molecule has 0 aliphatic rings. The molecule has 4 heteroatoms. The van der Waals surface area contributed by atoms with E-state index in [0.29, 0.717) is 5.56 Å². The van der Waals surface area contributed by atoms with Crippen molar-refractivity contribution in [2.24, 2.45) is 5.92 Å². The first-order valence-electron chi connectivity index (χ1n) is 6.35. The molecule has 0 radical (unpaired) electrons. The topological polar surface area (TPSA) is 66.4 Å². The number of nitrogens with one attached hydrogen (secondary N) is 1. The van der Waals surface area contributed by atoms with Gasteiger partial charge in [-0.05, 0) is 37.8 Å². The SMILES string of the molecule is Cc1cc(C)c(C(=O)N[C@@H](C(=O)O)C(C)C)c(C)c1. The maximum atomic E-state index is 12.2. The minimum Gasteiger partial charge on any atom is -0.480 e. The van der Waals surface area contributed by atoms with Gasteiger partial charge in [-0.3, -0.25) is 4.79 Å². The largest absolute Gasteiger partial charge is 0.480 e. The van der Waals surface area contributed by atoms with E-state index in [2.05, 4.69) is 5.32 Å². The van der Waals surface area contributed by atoms with Crippen LogP contribution in [0, 0.1) is 26.7 Å². The van der Waals surface area contributed by atoms with Crippen LogP contribution in [-0.2, 0) is 4.79 Å². The van der Waals surface area contributed by atoms with E-state index in [9.17, 15) is 9.59 Å². The normalized spacial score (nSPS) is 12.3. The van der Waals surface area contributed by atoms with Gasteiger partial charge in [0.05, 0.1) is 0 Å². The fourth-order valence-corrected chi connectivity index (χ4v) is 2.27. The number of aliphatic carboxylic acids is 1. The number of carbonyl (C=O) groups is 2. The third-order valence-corrected chi connectivity index (χ3v) is 3.12. The fraction of sp³-hybridized carbons (Fsp3) is 0.467. The van der Waals surface area contributed by atoms with Crippen molar-refractivity contribution in [2.45, 2.75) is 40.7 Å². The van der Waals surface area contributed by atoms with E-state index in [-0.39, 0.29) is 11.8 Å². The van der Waals surface area contributed by atoms with Crippen LogP contribution in [-0.4, -0.2) is 23.0 Å². The number of carboxylic acids is 1. The van der Waals surface area contributed by atoms with Gasteiger partial charge in [0.2, 0.25) is 0 Å². The van der Waals surface area contributed by atoms with E-state index in [4.69, 9.17) is 5.11 Å². The van der Waals surface area contributed by atoms with Crippen molar-refractivity contribution >= 4 is 11.9 Å². The Morgan fingerprint density at radius 3 is 1.95 bits per heavy atom. The summed E-state index contributed by atoms with van der Waals surface area (Å²) >= 11 is 0. The highest BCUT2D eigenvalue weighted by atomic mass is 16.4. The van der Waals surface area contributed by atoms with E-state index < -0.39 is 12.0 Å². The molecule has 4 nitrogen and oxygen atoms in total. The maximum absolute atomic E-state index is 12.2. The van der Waals surface area contributed by atoms with E-state index in [0.717, 1.165) is 16.7 Å². The molecule has 2 N–H and O–H groups in total. The number of rotatable bonds is 4. The summed E-state index contributed by atoms with van der Waals surface area (Å²) in [5.74, 6) is -1.49. The maximum Gasteiger partial charge on any atom is 0.326 e. The minimum absolute atomic E-state index is 0.160. The van der Waals surface area contributed by atoms with Gasteiger partial charge in [-0.2, -0.15) is 0 Å². The second-order valence-electron chi connectivity index (χ2n) is 5.31. The summed E-state index contributed by atoms with van der Waals surface area (Å²) in [5.41, 5.74) is 3.38. The lowest BCUT2D eigenvalue weighted by Crippen LogP contribution is -2.44. The summed E-state index contributed by atoms with van der Waals surface area (Å²) in [6.07, 6.45) is 0. The van der Waals surface area contributed by atoms with E-state index in [1.807, 2.05) is 32.9 Å². The summed E-state index contributed by atoms with van der Waals surface area (Å²) in [7, 11) is 0. The molecule has 104 valence electrons. The molecule has 0 aliphatic heterocycles. The Balaban J connectivity index is 3.05. The molecule has 0 heterocycles. The molecule has 0 saturated carbocycles. The van der Waals surface area contributed by atoms with Crippen molar-refractivity contribution in [3.05, 3.63) is 34.4 Å². The van der Waals surface area contributed by atoms with Gasteiger partial charge in [-0.15, -0.1) is 0 Å². The average Bonchev–Trinajstić information content (AvgIpc) is 2.23. The number of carboxylic acid groups (broad SMARTS) is 1. The molecule has 0 aromatic heterocycles. The summed E-state index contributed by atoms with van der Waals surface area (Å²) in [5, 5.41) is 11.7. The van der Waals surface area contributed by atoms with Crippen LogP contribution in [0.1, 0.15) is 40.9 Å². The number of aryl methyl sites for hydroxylation is 3. The molecule has 1 aromatic carbocycles. The molecule has 0 aliphatic carbocycles. The number of amides is 1. The zero-order valence-corrected chi connectivity index (χ0v) is 12.1. The first kappa shape index (κ1) is 15.2. The van der Waals surface area contributed by atoms with Gasteiger partial charge in [0.1, 0.15) is 6.04 Å². The Kier molecular flexibility index (Phi) is 4.70. The van der Waals surface area contributed by atoms with Crippen LogP contribution in [0.25, 0.3) is 0 Å². The lowest BCUT2D eigenvalue weighted by Gasteiger charge is -2.19. The number of carbonyl (C=O) groups excluding carboxylic acids is 1. The van der Waals surface area contributed by atoms with Gasteiger partial charge in [0, 0.05) is 5.56 Å². The molecular formula is C15H21NO3. The Hall–Kier alpha value is -1.84. The third-order valence-electron chi connectivity index (χ3n) is 3.12. The Labute approximate surface area is 113 Å². The van der Waals surface area contributed by atoms with Crippen molar-refractivity contribution in [1.82, 2.24) is 5.32 Å². The molecular weight excluding hydrogens is 242 g/mol. The molecule has 0 bridgehead atoms. The molecule has 1 rings (SSSR count). The average molecular weight is 263 g/mol. The standard InChI is InChI=1S/C15H21NO3/c1-8(2)13(15(18)19)16-14(17)12-10(4)6-9(3)7-11(12)5/h6-8,13H,1-5H3,(H,16,17)(H,18,19)/t13-/m1/s1. The van der Waals surface area contributed by atoms with E-state index >= 15 is 0 Å². The van der Waals surface area contributed by atoms with Crippen molar-refractivity contribution in [3.63, 3.8) is 0 Å². The highest BCUT2D eigenvalue weighted by molar-refractivity contribution is 5.99. The number of benzene rings is 1. The summed E-state index contributed by atoms with van der Waals surface area (Å²) in [4.78, 5) is 23.4. The van der Waals surface area contributed by atoms with Gasteiger partial charge in [-0.25, -0.2) is 4.79 Å². The summed E-state index contributed by atoms with van der Waals surface area (Å²) in [6, 6.07) is 2.98. The predicted octanol–water partition coefficient (Wildman–Crippen LogP) is 2.45. The molecule has 19 heavy (non-hydrogen) atoms. The Bertz CT molecular complexity index is 483. The van der Waals surface area contributed by atoms with Gasteiger partial charge in [-0.1, -0.05) is 31.5 Å². The second-order valence-corrected chi connectivity index (χ2v) is 5.31. The quantitative estimate of drug-likeness (QED) is 0.877. The van der Waals surface area contributed by atoms with E-state index in [1.54, 1.807) is 13.8 Å². The molecule has 0 saturated heterocycles. The molecule has 1 aromatic rings. The minimum atomic E-state index is -1.01. The Morgan fingerprint density at radius 2 is 1.58 bits per heavy atom. The molecule has 1 amide bonds. The van der Waals surface area contributed by atoms with Crippen LogP contribution >= 0.6 is 0 Å². The highest BCUT2D eigenvalue weighted by Gasteiger charge is 2.25. The van der Waals surface area contributed by atoms with Crippen LogP contribution in [0.15, 0.2) is 12.1 Å². The first-order valence-corrected chi connectivity index (χ1v) is 6.35. The van der Waals surface area contributed by atoms with Crippen molar-refractivity contribution in [2.75, 3.05) is 0 Å². The van der Waals surface area contributed by atoms with Crippen molar-refractivity contribution < 1.29 is 14.7 Å². The third kappa shape index (κ3) is 3.56. The second kappa shape index (κ2) is 5.87. The predicted molar refractivity (Wildman–Crippen MR) is 74.4 cm³/mol. The van der Waals surface area contributed by atoms with Gasteiger partial charge < -0.3 is 10.4 Å². The zero-order chi connectivity index (χ0) is 14.7. The summed E-state index contributed by atoms with van der Waals surface area (Å²) < 4.78 is 0. The van der Waals surface area contributed by atoms with Gasteiger partial charge in [0.25, 0.3) is 5.91 Å². The van der Waals surface area contributed by atoms with Gasteiger partial charge >= 0.3 is 5.97 Å². The highest BCUT2D eigenvalue weighted by Crippen LogP contribution is 2.17. The van der Waals surface area contributed by atoms with Crippen LogP contribution in [0.2, 0.25) is 0 Å². The first-order chi connectivity index (χ1) is 8.73. The molecule has 0 spiro atoms. The molecule has 0 fully saturated rings. The zero-order valence-electron chi connectivity index (χ0n) is 12.1. The fourth-order valence-electron chi connectivity index (χ4n) is 2.27. The van der Waals surface area contributed by atoms with E-state index in [1.165, 1.54) is 0 Å². The lowest BCUT2D eigenvalue weighted by atomic mass is 9.98. The van der Waals surface area contributed by atoms with Crippen LogP contribution < -0.4 is 5.32 Å². The van der Waals surface area contributed by atoms with Crippen LogP contribution in [0.3, 0.4) is 0 Å².